The van der Waals surface area contributed by atoms with Gasteiger partial charge in [0.15, 0.2) is 0 Å². The van der Waals surface area contributed by atoms with Gasteiger partial charge in [-0.25, -0.2) is 0 Å². The van der Waals surface area contributed by atoms with Crippen molar-refractivity contribution in [3.63, 3.8) is 0 Å². The fourth-order valence-corrected chi connectivity index (χ4v) is 2.95. The van der Waals surface area contributed by atoms with Crippen LogP contribution in [0, 0.1) is 20.8 Å². The number of rotatable bonds is 4. The van der Waals surface area contributed by atoms with E-state index in [2.05, 4.69) is 63.7 Å². The number of hydrogen-bond acceptors (Lipinski definition) is 1. The summed E-state index contributed by atoms with van der Waals surface area (Å²) in [6.45, 7) is 12.1. The van der Waals surface area contributed by atoms with E-state index < -0.39 is 0 Å². The molecule has 0 bridgehead atoms. The van der Waals surface area contributed by atoms with Gasteiger partial charge in [-0.2, -0.15) is 0 Å². The lowest BCUT2D eigenvalue weighted by Gasteiger charge is -2.09. The van der Waals surface area contributed by atoms with Gasteiger partial charge in [0.05, 0.1) is 5.52 Å². The van der Waals surface area contributed by atoms with Crippen molar-refractivity contribution in [3.05, 3.63) is 34.5 Å². The Hall–Kier alpha value is -1.28. The van der Waals surface area contributed by atoms with Crippen molar-refractivity contribution in [2.75, 3.05) is 6.54 Å². The van der Waals surface area contributed by atoms with E-state index in [9.17, 15) is 0 Å². The maximum Gasteiger partial charge on any atom is 0.0515 e. The maximum absolute atomic E-state index is 3.52. The van der Waals surface area contributed by atoms with Crippen molar-refractivity contribution in [1.29, 1.82) is 0 Å². The third-order valence-electron chi connectivity index (χ3n) is 4.09. The molecule has 1 aromatic heterocycles. The second-order valence-electron chi connectivity index (χ2n) is 5.90. The van der Waals surface area contributed by atoms with Crippen LogP contribution < -0.4 is 5.32 Å². The molecule has 0 saturated heterocycles. The van der Waals surface area contributed by atoms with Crippen molar-refractivity contribution in [2.45, 2.75) is 47.1 Å². The van der Waals surface area contributed by atoms with Crippen LogP contribution in [0.5, 0.6) is 0 Å². The smallest absolute Gasteiger partial charge is 0.0515 e. The summed E-state index contributed by atoms with van der Waals surface area (Å²) in [4.78, 5) is 0. The molecule has 1 heterocycles. The predicted molar refractivity (Wildman–Crippen MR) is 84.0 cm³/mol. The largest absolute Gasteiger partial charge is 0.347 e. The van der Waals surface area contributed by atoms with Crippen LogP contribution in [0.3, 0.4) is 0 Å². The van der Waals surface area contributed by atoms with Gasteiger partial charge in [0.2, 0.25) is 0 Å². The maximum atomic E-state index is 3.52. The Balaban J connectivity index is 2.48. The summed E-state index contributed by atoms with van der Waals surface area (Å²) in [5, 5.41) is 4.98. The number of fused-ring (bicyclic) bond motifs is 1. The Kier molecular flexibility index (Phi) is 4.00. The van der Waals surface area contributed by atoms with Crippen molar-refractivity contribution in [1.82, 2.24) is 9.88 Å². The minimum atomic E-state index is 0.554. The van der Waals surface area contributed by atoms with Crippen LogP contribution in [0.4, 0.5) is 0 Å². The summed E-state index contributed by atoms with van der Waals surface area (Å²) in [7, 11) is 2.18. The number of nitrogens with zero attached hydrogens (tertiary/aromatic N) is 1. The number of aryl methyl sites for hydroxylation is 3. The summed E-state index contributed by atoms with van der Waals surface area (Å²) < 4.78 is 2.35. The summed E-state index contributed by atoms with van der Waals surface area (Å²) >= 11 is 0. The Bertz CT molecular complexity index is 591. The van der Waals surface area contributed by atoms with Crippen LogP contribution in [-0.2, 0) is 13.5 Å². The van der Waals surface area contributed by atoms with E-state index in [1.165, 1.54) is 33.3 Å². The van der Waals surface area contributed by atoms with Gasteiger partial charge in [-0.15, -0.1) is 0 Å². The molecule has 19 heavy (non-hydrogen) atoms. The highest BCUT2D eigenvalue weighted by Gasteiger charge is 2.15. The van der Waals surface area contributed by atoms with E-state index in [1.54, 1.807) is 0 Å². The average Bonchev–Trinajstić information content (AvgIpc) is 2.59. The summed E-state index contributed by atoms with van der Waals surface area (Å²) in [5.41, 5.74) is 7.07. The van der Waals surface area contributed by atoms with Gasteiger partial charge in [0.25, 0.3) is 0 Å². The number of aromatic nitrogens is 1. The van der Waals surface area contributed by atoms with Crippen LogP contribution in [0.1, 0.15) is 36.2 Å². The molecule has 104 valence electrons. The van der Waals surface area contributed by atoms with Crippen LogP contribution in [-0.4, -0.2) is 17.2 Å². The third-order valence-corrected chi connectivity index (χ3v) is 4.09. The second kappa shape index (κ2) is 5.38. The van der Waals surface area contributed by atoms with Gasteiger partial charge in [0.1, 0.15) is 0 Å². The molecule has 0 spiro atoms. The first-order valence-corrected chi connectivity index (χ1v) is 7.21. The van der Waals surface area contributed by atoms with Gasteiger partial charge in [-0.3, -0.25) is 0 Å². The lowest BCUT2D eigenvalue weighted by atomic mass is 10.0. The van der Waals surface area contributed by atoms with E-state index in [1.807, 2.05) is 0 Å². The molecule has 1 aromatic carbocycles. The molecule has 2 aromatic rings. The molecule has 0 amide bonds. The first-order chi connectivity index (χ1) is 8.93. The van der Waals surface area contributed by atoms with Crippen LogP contribution in [0.25, 0.3) is 10.9 Å². The molecule has 2 rings (SSSR count). The molecule has 1 N–H and O–H groups in total. The molecule has 0 saturated carbocycles. The highest BCUT2D eigenvalue weighted by Crippen LogP contribution is 2.30. The van der Waals surface area contributed by atoms with Crippen molar-refractivity contribution >= 4 is 10.9 Å². The van der Waals surface area contributed by atoms with Crippen molar-refractivity contribution < 1.29 is 0 Å². The topological polar surface area (TPSA) is 17.0 Å². The molecule has 0 aliphatic heterocycles. The van der Waals surface area contributed by atoms with E-state index in [4.69, 9.17) is 0 Å². The monoisotopic (exact) mass is 258 g/mol. The second-order valence-corrected chi connectivity index (χ2v) is 5.90. The summed E-state index contributed by atoms with van der Waals surface area (Å²) in [6.07, 6.45) is 1.10. The molecular formula is C17H26N2. The Morgan fingerprint density at radius 3 is 2.37 bits per heavy atom. The number of benzene rings is 1. The molecule has 0 aliphatic rings. The quantitative estimate of drug-likeness (QED) is 0.886. The highest BCUT2D eigenvalue weighted by molar-refractivity contribution is 5.91. The highest BCUT2D eigenvalue weighted by atomic mass is 15.0. The first kappa shape index (κ1) is 14.1. The zero-order chi connectivity index (χ0) is 14.2. The lowest BCUT2D eigenvalue weighted by molar-refractivity contribution is 0.590. The molecule has 0 radical (unpaired) electrons. The molecule has 0 aliphatic carbocycles. The first-order valence-electron chi connectivity index (χ1n) is 7.21. The zero-order valence-electron chi connectivity index (χ0n) is 13.1. The molecule has 2 nitrogen and oxygen atoms in total. The normalized spacial score (nSPS) is 11.7. The Morgan fingerprint density at radius 2 is 1.74 bits per heavy atom. The summed E-state index contributed by atoms with van der Waals surface area (Å²) in [5.74, 6) is 0. The van der Waals surface area contributed by atoms with E-state index in [0.29, 0.717) is 6.04 Å². The molecular weight excluding hydrogens is 232 g/mol. The van der Waals surface area contributed by atoms with Gasteiger partial charge in [-0.05, 0) is 50.4 Å². The molecule has 0 atom stereocenters. The van der Waals surface area contributed by atoms with E-state index >= 15 is 0 Å². The van der Waals surface area contributed by atoms with Crippen LogP contribution in [0.15, 0.2) is 12.1 Å². The van der Waals surface area contributed by atoms with E-state index in [0.717, 1.165) is 13.0 Å². The number of hydrogen-bond donors (Lipinski definition) is 1. The summed E-state index contributed by atoms with van der Waals surface area (Å²) in [6, 6.07) is 5.03. The Morgan fingerprint density at radius 1 is 1.11 bits per heavy atom. The minimum absolute atomic E-state index is 0.554. The van der Waals surface area contributed by atoms with Crippen LogP contribution >= 0.6 is 0 Å². The van der Waals surface area contributed by atoms with E-state index in [-0.39, 0.29) is 0 Å². The zero-order valence-corrected chi connectivity index (χ0v) is 13.1. The van der Waals surface area contributed by atoms with Crippen molar-refractivity contribution in [2.24, 2.45) is 7.05 Å². The van der Waals surface area contributed by atoms with Crippen molar-refractivity contribution in [3.8, 4) is 0 Å². The average molecular weight is 258 g/mol. The standard InChI is InChI=1S/C17H26N2/c1-11(2)18-10-9-15-14(5)19(6)17-13(4)8-7-12(3)16(15)17/h7-8,11,18H,9-10H2,1-6H3. The van der Waals surface area contributed by atoms with Gasteiger partial charge >= 0.3 is 0 Å². The van der Waals surface area contributed by atoms with Gasteiger partial charge in [-0.1, -0.05) is 26.0 Å². The SMILES string of the molecule is Cc1ccc(C)c2c1c(CCNC(C)C)c(C)n2C. The molecule has 0 fully saturated rings. The predicted octanol–water partition coefficient (Wildman–Crippen LogP) is 3.64. The van der Waals surface area contributed by atoms with Gasteiger partial charge < -0.3 is 9.88 Å². The minimum Gasteiger partial charge on any atom is -0.347 e. The third kappa shape index (κ3) is 2.55. The molecule has 2 heteroatoms. The number of nitrogens with one attached hydrogen (secondary N) is 1. The lowest BCUT2D eigenvalue weighted by Crippen LogP contribution is -2.25. The Labute approximate surface area is 116 Å². The van der Waals surface area contributed by atoms with Gasteiger partial charge in [0, 0.05) is 24.2 Å². The molecule has 0 unspecified atom stereocenters. The van der Waals surface area contributed by atoms with Crippen LogP contribution in [0.2, 0.25) is 0 Å². The fourth-order valence-electron chi connectivity index (χ4n) is 2.95. The fraction of sp³-hybridized carbons (Fsp3) is 0.529.